The molecule has 3 aromatic rings. The van der Waals surface area contributed by atoms with Crippen LogP contribution >= 0.6 is 11.6 Å². The molecule has 8 heteroatoms. The molecule has 0 radical (unpaired) electrons. The van der Waals surface area contributed by atoms with Gasteiger partial charge in [0, 0.05) is 5.56 Å². The van der Waals surface area contributed by atoms with E-state index in [1.165, 1.54) is 0 Å². The Bertz CT molecular complexity index is 1260. The molecule has 35 heavy (non-hydrogen) atoms. The van der Waals surface area contributed by atoms with Gasteiger partial charge in [-0.15, -0.1) is 0 Å². The Kier molecular flexibility index (Phi) is 7.90. The molecule has 4 rings (SSSR count). The molecule has 0 saturated heterocycles. The standard InChI is InChI=1S/C27H24ClNO6/c1-3-32-24-17-18(16-21-27(30)35-26(29-21)19-9-5-4-6-10-19)15-20(28)25(24)34-14-13-33-23-12-8-7-11-22(23)31-2/h4-12,15-17H,3,13-14H2,1-2H3/b21-16+. The van der Waals surface area contributed by atoms with E-state index in [0.29, 0.717) is 40.2 Å². The number of nitrogens with zero attached hydrogens (tertiary/aromatic N) is 1. The van der Waals surface area contributed by atoms with Crippen LogP contribution < -0.4 is 18.9 Å². The topological polar surface area (TPSA) is 75.6 Å². The van der Waals surface area contributed by atoms with Crippen LogP contribution in [0.1, 0.15) is 18.1 Å². The Labute approximate surface area is 208 Å². The number of halogens is 1. The van der Waals surface area contributed by atoms with Crippen LogP contribution in [0.5, 0.6) is 23.0 Å². The van der Waals surface area contributed by atoms with Gasteiger partial charge >= 0.3 is 5.97 Å². The molecular weight excluding hydrogens is 470 g/mol. The molecule has 0 amide bonds. The van der Waals surface area contributed by atoms with Gasteiger partial charge in [-0.25, -0.2) is 9.79 Å². The van der Waals surface area contributed by atoms with Crippen molar-refractivity contribution in [2.75, 3.05) is 26.9 Å². The molecule has 1 heterocycles. The lowest BCUT2D eigenvalue weighted by Gasteiger charge is -2.15. The van der Waals surface area contributed by atoms with E-state index in [-0.39, 0.29) is 24.8 Å². The first-order valence-corrected chi connectivity index (χ1v) is 11.4. The molecule has 1 aliphatic rings. The minimum Gasteiger partial charge on any atom is -0.493 e. The van der Waals surface area contributed by atoms with Gasteiger partial charge < -0.3 is 23.7 Å². The summed E-state index contributed by atoms with van der Waals surface area (Å²) in [6, 6.07) is 20.0. The number of para-hydroxylation sites is 2. The second-order valence-corrected chi connectivity index (χ2v) is 7.72. The average molecular weight is 494 g/mol. The molecule has 0 spiro atoms. The van der Waals surface area contributed by atoms with Gasteiger partial charge in [0.2, 0.25) is 5.90 Å². The van der Waals surface area contributed by atoms with Crippen LogP contribution in [0.25, 0.3) is 6.08 Å². The first-order valence-electron chi connectivity index (χ1n) is 11.0. The van der Waals surface area contributed by atoms with Crippen LogP contribution in [-0.4, -0.2) is 38.8 Å². The molecular formula is C27H24ClNO6. The van der Waals surface area contributed by atoms with E-state index in [4.69, 9.17) is 35.3 Å². The number of carbonyl (C=O) groups excluding carboxylic acids is 1. The highest BCUT2D eigenvalue weighted by Gasteiger charge is 2.24. The van der Waals surface area contributed by atoms with Crippen molar-refractivity contribution in [2.24, 2.45) is 4.99 Å². The number of benzene rings is 3. The number of hydrogen-bond donors (Lipinski definition) is 0. The van der Waals surface area contributed by atoms with E-state index in [0.717, 1.165) is 5.56 Å². The van der Waals surface area contributed by atoms with Crippen molar-refractivity contribution < 1.29 is 28.5 Å². The fourth-order valence-electron chi connectivity index (χ4n) is 3.38. The third-order valence-electron chi connectivity index (χ3n) is 4.93. The van der Waals surface area contributed by atoms with Crippen LogP contribution in [0.4, 0.5) is 0 Å². The van der Waals surface area contributed by atoms with Crippen molar-refractivity contribution in [3.8, 4) is 23.0 Å². The lowest BCUT2D eigenvalue weighted by Crippen LogP contribution is -2.10. The zero-order valence-electron chi connectivity index (χ0n) is 19.3. The van der Waals surface area contributed by atoms with Crippen molar-refractivity contribution in [1.29, 1.82) is 0 Å². The summed E-state index contributed by atoms with van der Waals surface area (Å²) in [4.78, 5) is 16.7. The molecule has 0 saturated carbocycles. The summed E-state index contributed by atoms with van der Waals surface area (Å²) in [7, 11) is 1.59. The van der Waals surface area contributed by atoms with Crippen LogP contribution in [0.15, 0.2) is 77.4 Å². The predicted octanol–water partition coefficient (Wildman–Crippen LogP) is 5.55. The normalized spacial score (nSPS) is 13.9. The van der Waals surface area contributed by atoms with Gasteiger partial charge in [-0.3, -0.25) is 0 Å². The van der Waals surface area contributed by atoms with Gasteiger partial charge in [0.05, 0.1) is 18.7 Å². The monoisotopic (exact) mass is 493 g/mol. The Morgan fingerprint density at radius 2 is 1.63 bits per heavy atom. The zero-order valence-corrected chi connectivity index (χ0v) is 20.1. The molecule has 0 bridgehead atoms. The predicted molar refractivity (Wildman–Crippen MR) is 134 cm³/mol. The summed E-state index contributed by atoms with van der Waals surface area (Å²) in [5.74, 6) is 1.82. The molecule has 180 valence electrons. The molecule has 0 N–H and O–H groups in total. The summed E-state index contributed by atoms with van der Waals surface area (Å²) < 4.78 is 28.0. The fraction of sp³-hybridized carbons (Fsp3) is 0.185. The van der Waals surface area contributed by atoms with Crippen molar-refractivity contribution in [2.45, 2.75) is 6.92 Å². The Morgan fingerprint density at radius 1 is 0.914 bits per heavy atom. The van der Waals surface area contributed by atoms with Crippen LogP contribution in [0.3, 0.4) is 0 Å². The first-order chi connectivity index (χ1) is 17.1. The maximum absolute atomic E-state index is 12.3. The van der Waals surface area contributed by atoms with E-state index < -0.39 is 5.97 Å². The first kappa shape index (κ1) is 24.2. The number of esters is 1. The molecule has 0 atom stereocenters. The number of carbonyl (C=O) groups is 1. The molecule has 0 fully saturated rings. The molecule has 0 unspecified atom stereocenters. The molecule has 1 aliphatic heterocycles. The summed E-state index contributed by atoms with van der Waals surface area (Å²) in [6.07, 6.45) is 1.60. The van der Waals surface area contributed by atoms with Gasteiger partial charge in [-0.05, 0) is 55.0 Å². The highest BCUT2D eigenvalue weighted by molar-refractivity contribution is 6.32. The lowest BCUT2D eigenvalue weighted by molar-refractivity contribution is -0.129. The third-order valence-corrected chi connectivity index (χ3v) is 5.21. The number of ether oxygens (including phenoxy) is 5. The fourth-order valence-corrected chi connectivity index (χ4v) is 3.65. The van der Waals surface area contributed by atoms with Crippen molar-refractivity contribution >= 4 is 29.5 Å². The summed E-state index contributed by atoms with van der Waals surface area (Å²) in [5, 5.41) is 0.332. The van der Waals surface area contributed by atoms with Crippen molar-refractivity contribution in [3.05, 3.63) is 88.6 Å². The number of rotatable bonds is 10. The minimum absolute atomic E-state index is 0.168. The van der Waals surface area contributed by atoms with E-state index in [1.54, 1.807) is 25.3 Å². The van der Waals surface area contributed by atoms with Crippen LogP contribution in [0, 0.1) is 0 Å². The number of aliphatic imine (C=N–C) groups is 1. The smallest absolute Gasteiger partial charge is 0.363 e. The summed E-state index contributed by atoms with van der Waals surface area (Å²) >= 11 is 6.51. The van der Waals surface area contributed by atoms with Crippen molar-refractivity contribution in [1.82, 2.24) is 0 Å². The largest absolute Gasteiger partial charge is 0.493 e. The maximum Gasteiger partial charge on any atom is 0.363 e. The Hall–Kier alpha value is -3.97. The molecule has 0 aromatic heterocycles. The number of methoxy groups -OCH3 is 1. The van der Waals surface area contributed by atoms with Crippen LogP contribution in [-0.2, 0) is 9.53 Å². The second-order valence-electron chi connectivity index (χ2n) is 7.31. The Morgan fingerprint density at radius 3 is 2.37 bits per heavy atom. The summed E-state index contributed by atoms with van der Waals surface area (Å²) in [5.41, 5.74) is 1.51. The average Bonchev–Trinajstić information content (AvgIpc) is 3.24. The van der Waals surface area contributed by atoms with Gasteiger partial charge in [0.25, 0.3) is 0 Å². The van der Waals surface area contributed by atoms with Gasteiger partial charge in [-0.2, -0.15) is 0 Å². The van der Waals surface area contributed by atoms with E-state index >= 15 is 0 Å². The van der Waals surface area contributed by atoms with Gasteiger partial charge in [0.15, 0.2) is 28.7 Å². The highest BCUT2D eigenvalue weighted by Crippen LogP contribution is 2.38. The highest BCUT2D eigenvalue weighted by atomic mass is 35.5. The van der Waals surface area contributed by atoms with E-state index in [2.05, 4.69) is 4.99 Å². The number of cyclic esters (lactones) is 1. The SMILES string of the molecule is CCOc1cc(/C=C2/N=C(c3ccccc3)OC2=O)cc(Cl)c1OCCOc1ccccc1OC. The van der Waals surface area contributed by atoms with E-state index in [1.807, 2.05) is 61.5 Å². The van der Waals surface area contributed by atoms with Gasteiger partial charge in [0.1, 0.15) is 13.2 Å². The van der Waals surface area contributed by atoms with Crippen molar-refractivity contribution in [3.63, 3.8) is 0 Å². The number of hydrogen-bond acceptors (Lipinski definition) is 7. The third kappa shape index (κ3) is 5.94. The molecule has 0 aliphatic carbocycles. The maximum atomic E-state index is 12.3. The van der Waals surface area contributed by atoms with Gasteiger partial charge in [-0.1, -0.05) is 41.9 Å². The van der Waals surface area contributed by atoms with Crippen LogP contribution in [0.2, 0.25) is 5.02 Å². The Balaban J connectivity index is 1.49. The minimum atomic E-state index is -0.535. The quantitative estimate of drug-likeness (QED) is 0.209. The molecule has 3 aromatic carbocycles. The van der Waals surface area contributed by atoms with E-state index in [9.17, 15) is 4.79 Å². The zero-order chi connectivity index (χ0) is 24.6. The lowest BCUT2D eigenvalue weighted by atomic mass is 10.1. The second kappa shape index (κ2) is 11.4. The summed E-state index contributed by atoms with van der Waals surface area (Å²) in [6.45, 7) is 2.77. The molecule has 7 nitrogen and oxygen atoms in total.